The molecule has 0 bridgehead atoms. The van der Waals surface area contributed by atoms with Gasteiger partial charge >= 0.3 is 0 Å². The molecule has 10 heteroatoms. The summed E-state index contributed by atoms with van der Waals surface area (Å²) in [4.78, 5) is 15.1. The van der Waals surface area contributed by atoms with E-state index in [1.807, 2.05) is 0 Å². The van der Waals surface area contributed by atoms with Crippen LogP contribution in [0.3, 0.4) is 0 Å². The number of nitrogens with one attached hydrogen (secondary N) is 2. The van der Waals surface area contributed by atoms with Crippen LogP contribution in [0.5, 0.6) is 5.75 Å². The van der Waals surface area contributed by atoms with Crippen molar-refractivity contribution in [2.24, 2.45) is 0 Å². The number of carbonyl (C=O) groups is 1. The lowest BCUT2D eigenvalue weighted by Crippen LogP contribution is -2.28. The van der Waals surface area contributed by atoms with Gasteiger partial charge in [0.25, 0.3) is 5.91 Å². The van der Waals surface area contributed by atoms with Gasteiger partial charge in [-0.3, -0.25) is 4.79 Å². The normalized spacial score (nSPS) is 12.3. The Balaban J connectivity index is 2.08. The highest BCUT2D eigenvalue weighted by molar-refractivity contribution is 9.14. The maximum Gasteiger partial charge on any atom is 0.269 e. The Labute approximate surface area is 173 Å². The average molecular weight is 641 g/mol. The standard InChI is InChI=1S/C13H9Br5N2O3/c14-5-1-4(2-6(15)11(5)22)7(21)3-19-13(23)10-8(16)9(17)12(18)20-10/h1-2,7,20-22H,3H2,(H,19,23)/t7-/m1/s1. The molecule has 2 rings (SSSR count). The van der Waals surface area contributed by atoms with Crippen LogP contribution in [-0.4, -0.2) is 27.6 Å². The Kier molecular flexibility index (Phi) is 6.77. The van der Waals surface area contributed by atoms with Gasteiger partial charge in [-0.25, -0.2) is 0 Å². The lowest BCUT2D eigenvalue weighted by molar-refractivity contribution is 0.0911. The number of carbonyl (C=O) groups excluding carboxylic acids is 1. The molecule has 4 N–H and O–H groups in total. The van der Waals surface area contributed by atoms with Crippen LogP contribution in [0.15, 0.2) is 34.6 Å². The maximum absolute atomic E-state index is 12.2. The van der Waals surface area contributed by atoms with Gasteiger partial charge in [0.2, 0.25) is 0 Å². The Bertz CT molecular complexity index is 739. The number of amides is 1. The van der Waals surface area contributed by atoms with Crippen LogP contribution in [0, 0.1) is 0 Å². The minimum absolute atomic E-state index is 0.0171. The summed E-state index contributed by atoms with van der Waals surface area (Å²) in [5.74, 6) is -0.311. The van der Waals surface area contributed by atoms with E-state index in [0.29, 0.717) is 33.8 Å². The third kappa shape index (κ3) is 4.40. The van der Waals surface area contributed by atoms with E-state index in [2.05, 4.69) is 90.0 Å². The van der Waals surface area contributed by atoms with E-state index in [1.54, 1.807) is 12.1 Å². The Morgan fingerprint density at radius 2 is 1.70 bits per heavy atom. The summed E-state index contributed by atoms with van der Waals surface area (Å²) in [6.07, 6.45) is -0.923. The minimum atomic E-state index is -0.923. The molecule has 0 saturated heterocycles. The van der Waals surface area contributed by atoms with Crippen molar-refractivity contribution in [2.45, 2.75) is 6.10 Å². The number of benzene rings is 1. The number of aliphatic hydroxyl groups excluding tert-OH is 1. The fraction of sp³-hybridized carbons (Fsp3) is 0.154. The molecule has 0 aliphatic heterocycles. The first-order chi connectivity index (χ1) is 10.7. The van der Waals surface area contributed by atoms with Crippen molar-refractivity contribution in [3.8, 4) is 5.75 Å². The molecule has 2 aromatic rings. The van der Waals surface area contributed by atoms with E-state index in [9.17, 15) is 15.0 Å². The summed E-state index contributed by atoms with van der Waals surface area (Å²) in [6.45, 7) is 0.0171. The van der Waals surface area contributed by atoms with Gasteiger partial charge in [-0.15, -0.1) is 0 Å². The highest BCUT2D eigenvalue weighted by atomic mass is 79.9. The van der Waals surface area contributed by atoms with Gasteiger partial charge in [-0.2, -0.15) is 0 Å². The van der Waals surface area contributed by atoms with E-state index in [4.69, 9.17) is 0 Å². The lowest BCUT2D eigenvalue weighted by Gasteiger charge is -2.14. The van der Waals surface area contributed by atoms with Gasteiger partial charge in [-0.1, -0.05) is 0 Å². The summed E-state index contributed by atoms with van der Waals surface area (Å²) in [6, 6.07) is 3.18. The second-order valence-corrected chi connectivity index (χ2v) is 8.59. The van der Waals surface area contributed by atoms with Crippen molar-refractivity contribution in [2.75, 3.05) is 6.54 Å². The summed E-state index contributed by atoms with van der Waals surface area (Å²) in [7, 11) is 0. The van der Waals surface area contributed by atoms with Crippen LogP contribution in [0.25, 0.3) is 0 Å². The number of aromatic nitrogens is 1. The second kappa shape index (κ2) is 8.01. The average Bonchev–Trinajstić information content (AvgIpc) is 2.77. The highest BCUT2D eigenvalue weighted by Gasteiger charge is 2.19. The van der Waals surface area contributed by atoms with Crippen molar-refractivity contribution in [1.82, 2.24) is 10.3 Å². The number of phenols is 1. The summed E-state index contributed by atoms with van der Waals surface area (Å²) >= 11 is 16.3. The van der Waals surface area contributed by atoms with Crippen molar-refractivity contribution >= 4 is 85.6 Å². The molecule has 0 fully saturated rings. The zero-order valence-electron chi connectivity index (χ0n) is 11.1. The number of rotatable bonds is 4. The number of phenolic OH excluding ortho intramolecular Hbond substituents is 1. The van der Waals surface area contributed by atoms with E-state index in [-0.39, 0.29) is 18.2 Å². The molecule has 0 spiro atoms. The molecule has 0 saturated carbocycles. The second-order valence-electron chi connectivity index (χ2n) is 4.50. The van der Waals surface area contributed by atoms with Crippen LogP contribution >= 0.6 is 79.6 Å². The largest absolute Gasteiger partial charge is 0.506 e. The fourth-order valence-electron chi connectivity index (χ4n) is 1.76. The molecule has 0 aliphatic rings. The van der Waals surface area contributed by atoms with Gasteiger partial charge in [-0.05, 0) is 97.3 Å². The van der Waals surface area contributed by atoms with Crippen LogP contribution in [0.4, 0.5) is 0 Å². The quantitative estimate of drug-likeness (QED) is 0.380. The molecule has 0 radical (unpaired) electrons. The number of H-pyrrole nitrogens is 1. The molecule has 23 heavy (non-hydrogen) atoms. The van der Waals surface area contributed by atoms with Crippen molar-refractivity contribution in [1.29, 1.82) is 0 Å². The van der Waals surface area contributed by atoms with E-state index < -0.39 is 6.10 Å². The predicted octanol–water partition coefficient (Wildman–Crippen LogP) is 5.00. The molecular weight excluding hydrogens is 632 g/mol. The molecule has 1 heterocycles. The number of hydrogen-bond donors (Lipinski definition) is 4. The Morgan fingerprint density at radius 1 is 1.13 bits per heavy atom. The lowest BCUT2D eigenvalue weighted by atomic mass is 10.1. The smallest absolute Gasteiger partial charge is 0.269 e. The number of aliphatic hydroxyl groups is 1. The molecule has 5 nitrogen and oxygen atoms in total. The van der Waals surface area contributed by atoms with E-state index in [1.165, 1.54) is 0 Å². The summed E-state index contributed by atoms with van der Waals surface area (Å²) in [5, 5.41) is 22.5. The fourth-order valence-corrected chi connectivity index (χ4v) is 4.41. The van der Waals surface area contributed by atoms with Crippen molar-refractivity contribution in [3.63, 3.8) is 0 Å². The topological polar surface area (TPSA) is 85.3 Å². The number of hydrogen-bond acceptors (Lipinski definition) is 3. The van der Waals surface area contributed by atoms with Gasteiger partial charge in [0.1, 0.15) is 11.4 Å². The SMILES string of the molecule is O=C(NC[C@@H](O)c1cc(Br)c(O)c(Br)c1)c1[nH]c(Br)c(Br)c1Br. The van der Waals surface area contributed by atoms with Gasteiger partial charge in [0.15, 0.2) is 0 Å². The van der Waals surface area contributed by atoms with Crippen molar-refractivity contribution < 1.29 is 15.0 Å². The molecule has 0 aliphatic carbocycles. The molecule has 1 aromatic heterocycles. The molecule has 124 valence electrons. The van der Waals surface area contributed by atoms with Gasteiger partial charge < -0.3 is 20.5 Å². The molecular formula is C13H9Br5N2O3. The van der Waals surface area contributed by atoms with Crippen LogP contribution < -0.4 is 5.32 Å². The monoisotopic (exact) mass is 636 g/mol. The van der Waals surface area contributed by atoms with E-state index in [0.717, 1.165) is 0 Å². The zero-order valence-corrected chi connectivity index (χ0v) is 19.1. The third-order valence-electron chi connectivity index (χ3n) is 2.95. The molecule has 1 atom stereocenters. The Hall–Kier alpha value is 0.130. The molecule has 0 unspecified atom stereocenters. The van der Waals surface area contributed by atoms with Gasteiger partial charge in [0.05, 0.1) is 28.6 Å². The zero-order chi connectivity index (χ0) is 17.3. The van der Waals surface area contributed by atoms with Crippen LogP contribution in [-0.2, 0) is 0 Å². The first-order valence-corrected chi connectivity index (χ1v) is 10.1. The minimum Gasteiger partial charge on any atom is -0.506 e. The maximum atomic E-state index is 12.2. The predicted molar refractivity (Wildman–Crippen MR) is 105 cm³/mol. The number of halogens is 5. The first-order valence-electron chi connectivity index (χ1n) is 6.09. The van der Waals surface area contributed by atoms with E-state index >= 15 is 0 Å². The first kappa shape index (κ1) is 19.5. The molecule has 1 amide bonds. The highest BCUT2D eigenvalue weighted by Crippen LogP contribution is 2.35. The van der Waals surface area contributed by atoms with Crippen LogP contribution in [0.2, 0.25) is 0 Å². The van der Waals surface area contributed by atoms with Crippen molar-refractivity contribution in [3.05, 3.63) is 45.9 Å². The molecule has 1 aromatic carbocycles. The summed E-state index contributed by atoms with van der Waals surface area (Å²) in [5.41, 5.74) is 0.888. The third-order valence-corrected chi connectivity index (χ3v) is 7.40. The number of aromatic hydroxyl groups is 1. The summed E-state index contributed by atoms with van der Waals surface area (Å²) < 4.78 is 2.84. The van der Waals surface area contributed by atoms with Gasteiger partial charge in [0, 0.05) is 6.54 Å². The Morgan fingerprint density at radius 3 is 2.17 bits per heavy atom. The number of aromatic amines is 1. The van der Waals surface area contributed by atoms with Crippen LogP contribution in [0.1, 0.15) is 22.2 Å².